The van der Waals surface area contributed by atoms with Crippen LogP contribution in [0.2, 0.25) is 0 Å². The van der Waals surface area contributed by atoms with E-state index in [4.69, 9.17) is 0 Å². The number of aromatic nitrogens is 1. The Morgan fingerprint density at radius 2 is 2.00 bits per heavy atom. The first kappa shape index (κ1) is 15.4. The lowest BCUT2D eigenvalue weighted by Gasteiger charge is -2.22. The zero-order chi connectivity index (χ0) is 16.7. The van der Waals surface area contributed by atoms with Crippen molar-refractivity contribution in [2.75, 3.05) is 0 Å². The second-order valence-corrected chi connectivity index (χ2v) is 7.47. The smallest absolute Gasteiger partial charge is 0.345 e. The number of hydrogen-bond donors (Lipinski definition) is 2. The van der Waals surface area contributed by atoms with Gasteiger partial charge >= 0.3 is 5.97 Å². The topological polar surface area (TPSA) is 53.1 Å². The summed E-state index contributed by atoms with van der Waals surface area (Å²) < 4.78 is 14.7. The monoisotopic (exact) mass is 343 g/mol. The third kappa shape index (κ3) is 2.63. The van der Waals surface area contributed by atoms with Gasteiger partial charge in [-0.15, -0.1) is 11.3 Å². The highest BCUT2D eigenvalue weighted by atomic mass is 32.1. The van der Waals surface area contributed by atoms with Gasteiger partial charge in [0.05, 0.1) is 15.9 Å². The molecule has 3 aromatic rings. The molecule has 0 amide bonds. The maximum absolute atomic E-state index is 13.7. The minimum atomic E-state index is -0.897. The Bertz CT molecular complexity index is 905. The minimum Gasteiger partial charge on any atom is -0.477 e. The molecule has 2 aromatic heterocycles. The number of carbonyl (C=O) groups is 1. The zero-order valence-electron chi connectivity index (χ0n) is 13.1. The molecule has 0 unspecified atom stereocenters. The molecule has 0 bridgehead atoms. The molecule has 1 fully saturated rings. The summed E-state index contributed by atoms with van der Waals surface area (Å²) in [5.41, 5.74) is 3.79. The number of benzene rings is 1. The normalized spacial score (nSPS) is 15.9. The fourth-order valence-corrected chi connectivity index (χ4v) is 4.84. The summed E-state index contributed by atoms with van der Waals surface area (Å²) in [7, 11) is 0. The lowest BCUT2D eigenvalue weighted by atomic mass is 9.83. The lowest BCUT2D eigenvalue weighted by Crippen LogP contribution is -2.05. The van der Waals surface area contributed by atoms with Crippen LogP contribution in [0.4, 0.5) is 4.39 Å². The maximum Gasteiger partial charge on any atom is 0.345 e. The first-order valence-electron chi connectivity index (χ1n) is 8.28. The SMILES string of the molecule is O=C(O)c1cc2[nH]c(-c3cccc(F)c3)c(C3CCCCC3)c2s1. The molecule has 0 atom stereocenters. The molecule has 0 radical (unpaired) electrons. The molecule has 0 aliphatic heterocycles. The van der Waals surface area contributed by atoms with Crippen molar-refractivity contribution < 1.29 is 14.3 Å². The molecule has 2 heterocycles. The number of halogens is 1. The summed E-state index contributed by atoms with van der Waals surface area (Å²) in [5.74, 6) is -0.746. The molecule has 3 nitrogen and oxygen atoms in total. The van der Waals surface area contributed by atoms with Gasteiger partial charge in [-0.2, -0.15) is 0 Å². The van der Waals surface area contributed by atoms with E-state index in [1.54, 1.807) is 18.2 Å². The summed E-state index contributed by atoms with van der Waals surface area (Å²) in [6.45, 7) is 0. The number of nitrogens with one attached hydrogen (secondary N) is 1. The van der Waals surface area contributed by atoms with E-state index in [1.807, 2.05) is 6.07 Å². The molecule has 2 N–H and O–H groups in total. The summed E-state index contributed by atoms with van der Waals surface area (Å²) in [4.78, 5) is 15.0. The van der Waals surface area contributed by atoms with Crippen LogP contribution < -0.4 is 0 Å². The highest BCUT2D eigenvalue weighted by Crippen LogP contribution is 2.44. The van der Waals surface area contributed by atoms with E-state index in [9.17, 15) is 14.3 Å². The Hall–Kier alpha value is -2.14. The second-order valence-electron chi connectivity index (χ2n) is 6.42. The fraction of sp³-hybridized carbons (Fsp3) is 0.316. The molecule has 5 heteroatoms. The number of hydrogen-bond acceptors (Lipinski definition) is 2. The summed E-state index contributed by atoms with van der Waals surface area (Å²) in [6.07, 6.45) is 5.85. The fourth-order valence-electron chi connectivity index (χ4n) is 3.76. The third-order valence-electron chi connectivity index (χ3n) is 4.84. The largest absolute Gasteiger partial charge is 0.477 e. The van der Waals surface area contributed by atoms with Gasteiger partial charge in [-0.25, -0.2) is 9.18 Å². The van der Waals surface area contributed by atoms with E-state index in [0.717, 1.165) is 34.3 Å². The molecule has 1 aromatic carbocycles. The van der Waals surface area contributed by atoms with Crippen molar-refractivity contribution in [3.05, 3.63) is 46.6 Å². The van der Waals surface area contributed by atoms with Crippen molar-refractivity contribution in [3.8, 4) is 11.3 Å². The molecular formula is C19H18FNO2S. The number of fused-ring (bicyclic) bond motifs is 1. The molecule has 1 aliphatic carbocycles. The standard InChI is InChI=1S/C19H18FNO2S/c20-13-8-4-7-12(9-13)17-16(11-5-2-1-3-6-11)18-14(21-17)10-15(24-18)19(22)23/h4,7-11,21H,1-3,5-6H2,(H,22,23). The first-order valence-corrected chi connectivity index (χ1v) is 9.10. The molecule has 1 aliphatic rings. The van der Waals surface area contributed by atoms with Gasteiger partial charge in [0.25, 0.3) is 0 Å². The average molecular weight is 343 g/mol. The number of aromatic amines is 1. The number of carboxylic acids is 1. The zero-order valence-corrected chi connectivity index (χ0v) is 14.0. The van der Waals surface area contributed by atoms with E-state index < -0.39 is 5.97 Å². The van der Waals surface area contributed by atoms with Crippen molar-refractivity contribution >= 4 is 27.5 Å². The van der Waals surface area contributed by atoms with E-state index in [-0.39, 0.29) is 5.82 Å². The van der Waals surface area contributed by atoms with Crippen molar-refractivity contribution in [1.82, 2.24) is 4.98 Å². The van der Waals surface area contributed by atoms with Crippen molar-refractivity contribution in [1.29, 1.82) is 0 Å². The van der Waals surface area contributed by atoms with Crippen LogP contribution in [0.5, 0.6) is 0 Å². The van der Waals surface area contributed by atoms with E-state index in [0.29, 0.717) is 10.8 Å². The second kappa shape index (κ2) is 6.06. The van der Waals surface area contributed by atoms with Crippen LogP contribution in [0.15, 0.2) is 30.3 Å². The molecule has 1 saturated carbocycles. The molecule has 24 heavy (non-hydrogen) atoms. The maximum atomic E-state index is 13.7. The summed E-state index contributed by atoms with van der Waals surface area (Å²) >= 11 is 1.32. The van der Waals surface area contributed by atoms with Gasteiger partial charge in [-0.1, -0.05) is 31.4 Å². The molecule has 4 rings (SSSR count). The predicted octanol–water partition coefficient (Wildman–Crippen LogP) is 5.78. The number of carboxylic acid groups (broad SMARTS) is 1. The Morgan fingerprint density at radius 3 is 2.71 bits per heavy atom. The van der Waals surface area contributed by atoms with Crippen molar-refractivity contribution in [2.24, 2.45) is 0 Å². The lowest BCUT2D eigenvalue weighted by molar-refractivity contribution is 0.0702. The summed E-state index contributed by atoms with van der Waals surface area (Å²) in [6, 6.07) is 8.30. The van der Waals surface area contributed by atoms with Crippen molar-refractivity contribution in [2.45, 2.75) is 38.0 Å². The highest BCUT2D eigenvalue weighted by Gasteiger charge is 2.26. The highest BCUT2D eigenvalue weighted by molar-refractivity contribution is 7.21. The van der Waals surface area contributed by atoms with Crippen LogP contribution >= 0.6 is 11.3 Å². The predicted molar refractivity (Wildman–Crippen MR) is 94.4 cm³/mol. The first-order chi connectivity index (χ1) is 11.6. The minimum absolute atomic E-state index is 0.258. The van der Waals surface area contributed by atoms with Gasteiger partial charge in [-0.05, 0) is 42.5 Å². The Balaban J connectivity index is 1.91. The number of aromatic carboxylic acids is 1. The molecule has 0 saturated heterocycles. The van der Waals surface area contributed by atoms with Gasteiger partial charge in [0.15, 0.2) is 0 Å². The van der Waals surface area contributed by atoms with Gasteiger partial charge in [0.1, 0.15) is 10.7 Å². The average Bonchev–Trinajstić information content (AvgIpc) is 3.13. The van der Waals surface area contributed by atoms with Gasteiger partial charge in [0.2, 0.25) is 0 Å². The number of H-pyrrole nitrogens is 1. The molecule has 0 spiro atoms. The Morgan fingerprint density at radius 1 is 1.21 bits per heavy atom. The van der Waals surface area contributed by atoms with Crippen LogP contribution in [0.3, 0.4) is 0 Å². The van der Waals surface area contributed by atoms with Crippen LogP contribution in [-0.2, 0) is 0 Å². The Kier molecular flexibility index (Phi) is 3.88. The van der Waals surface area contributed by atoms with Crippen LogP contribution in [-0.4, -0.2) is 16.1 Å². The molecule has 124 valence electrons. The number of thiophene rings is 1. The summed E-state index contributed by atoms with van der Waals surface area (Å²) in [5, 5.41) is 9.28. The van der Waals surface area contributed by atoms with Crippen LogP contribution in [0, 0.1) is 5.82 Å². The van der Waals surface area contributed by atoms with E-state index >= 15 is 0 Å². The van der Waals surface area contributed by atoms with Gasteiger partial charge in [-0.3, -0.25) is 0 Å². The third-order valence-corrected chi connectivity index (χ3v) is 6.00. The number of rotatable bonds is 3. The van der Waals surface area contributed by atoms with Gasteiger partial charge in [0, 0.05) is 5.56 Å². The van der Waals surface area contributed by atoms with E-state index in [1.165, 1.54) is 42.2 Å². The van der Waals surface area contributed by atoms with Crippen LogP contribution in [0.25, 0.3) is 21.5 Å². The Labute approximate surface area is 143 Å². The van der Waals surface area contributed by atoms with E-state index in [2.05, 4.69) is 4.98 Å². The quantitative estimate of drug-likeness (QED) is 0.633. The molecular weight excluding hydrogens is 325 g/mol. The van der Waals surface area contributed by atoms with Crippen molar-refractivity contribution in [3.63, 3.8) is 0 Å². The van der Waals surface area contributed by atoms with Crippen LogP contribution in [0.1, 0.15) is 53.3 Å². The van der Waals surface area contributed by atoms with Gasteiger partial charge < -0.3 is 10.1 Å².